The van der Waals surface area contributed by atoms with Crippen LogP contribution in [0.5, 0.6) is 0 Å². The Hall–Kier alpha value is -0.300. The topological polar surface area (TPSA) is 26.0 Å². The van der Waals surface area contributed by atoms with E-state index in [0.29, 0.717) is 5.92 Å². The van der Waals surface area contributed by atoms with Gasteiger partial charge in [0.15, 0.2) is 0 Å². The molecule has 0 saturated heterocycles. The molecule has 0 radical (unpaired) electrons. The van der Waals surface area contributed by atoms with E-state index >= 15 is 0 Å². The standard InChI is InChI=1S/C9H19N/c1-4-9(7-10)6-5-8(2)3/h9H,2,4-7,10H2,1,3H3/t9-/m1/s1. The maximum atomic E-state index is 5.54. The van der Waals surface area contributed by atoms with E-state index < -0.39 is 0 Å². The van der Waals surface area contributed by atoms with Crippen LogP contribution in [0.25, 0.3) is 0 Å². The Kier molecular flexibility index (Phi) is 5.32. The molecule has 10 heavy (non-hydrogen) atoms. The van der Waals surface area contributed by atoms with E-state index in [9.17, 15) is 0 Å². The number of hydrogen-bond donors (Lipinski definition) is 1. The second kappa shape index (κ2) is 5.48. The van der Waals surface area contributed by atoms with Gasteiger partial charge in [0.25, 0.3) is 0 Å². The molecule has 0 aliphatic rings. The zero-order valence-corrected chi connectivity index (χ0v) is 7.19. The molecule has 0 spiro atoms. The summed E-state index contributed by atoms with van der Waals surface area (Å²) in [5.41, 5.74) is 6.81. The quantitative estimate of drug-likeness (QED) is 0.584. The minimum atomic E-state index is 0.705. The van der Waals surface area contributed by atoms with Gasteiger partial charge in [-0.25, -0.2) is 0 Å². The highest BCUT2D eigenvalue weighted by Crippen LogP contribution is 2.12. The lowest BCUT2D eigenvalue weighted by atomic mass is 9.98. The van der Waals surface area contributed by atoms with Crippen molar-refractivity contribution in [2.24, 2.45) is 11.7 Å². The van der Waals surface area contributed by atoms with E-state index in [1.165, 1.54) is 18.4 Å². The van der Waals surface area contributed by atoms with Crippen molar-refractivity contribution >= 4 is 0 Å². The molecule has 1 heteroatoms. The molecule has 1 atom stereocenters. The lowest BCUT2D eigenvalue weighted by molar-refractivity contribution is 0.481. The van der Waals surface area contributed by atoms with Crippen molar-refractivity contribution in [1.82, 2.24) is 0 Å². The summed E-state index contributed by atoms with van der Waals surface area (Å²) >= 11 is 0. The third kappa shape index (κ3) is 4.57. The monoisotopic (exact) mass is 141 g/mol. The van der Waals surface area contributed by atoms with Crippen LogP contribution >= 0.6 is 0 Å². The maximum absolute atomic E-state index is 5.54. The summed E-state index contributed by atoms with van der Waals surface area (Å²) < 4.78 is 0. The van der Waals surface area contributed by atoms with Gasteiger partial charge in [-0.05, 0) is 32.2 Å². The predicted molar refractivity (Wildman–Crippen MR) is 46.9 cm³/mol. The second-order valence-electron chi connectivity index (χ2n) is 3.01. The molecule has 0 aromatic heterocycles. The van der Waals surface area contributed by atoms with Gasteiger partial charge in [0.05, 0.1) is 0 Å². The molecule has 0 bridgehead atoms. The van der Waals surface area contributed by atoms with Crippen molar-refractivity contribution in [3.05, 3.63) is 12.2 Å². The van der Waals surface area contributed by atoms with Crippen molar-refractivity contribution < 1.29 is 0 Å². The normalized spacial score (nSPS) is 13.1. The molecule has 60 valence electrons. The molecule has 0 aromatic carbocycles. The van der Waals surface area contributed by atoms with Gasteiger partial charge in [0.1, 0.15) is 0 Å². The van der Waals surface area contributed by atoms with Crippen LogP contribution in [0, 0.1) is 5.92 Å². The number of nitrogens with two attached hydrogens (primary N) is 1. The third-order valence-electron chi connectivity index (χ3n) is 1.89. The summed E-state index contributed by atoms with van der Waals surface area (Å²) in [5.74, 6) is 0.705. The van der Waals surface area contributed by atoms with E-state index in [2.05, 4.69) is 20.4 Å². The first-order valence-corrected chi connectivity index (χ1v) is 4.05. The fourth-order valence-corrected chi connectivity index (χ4v) is 0.939. The lowest BCUT2D eigenvalue weighted by Gasteiger charge is -2.10. The van der Waals surface area contributed by atoms with E-state index in [1.807, 2.05) is 0 Å². The second-order valence-corrected chi connectivity index (χ2v) is 3.01. The van der Waals surface area contributed by atoms with Gasteiger partial charge in [0, 0.05) is 0 Å². The Morgan fingerprint density at radius 3 is 2.50 bits per heavy atom. The zero-order valence-electron chi connectivity index (χ0n) is 7.19. The van der Waals surface area contributed by atoms with Gasteiger partial charge < -0.3 is 5.73 Å². The van der Waals surface area contributed by atoms with Gasteiger partial charge in [-0.2, -0.15) is 0 Å². The molecular formula is C9H19N. The van der Waals surface area contributed by atoms with E-state index in [-0.39, 0.29) is 0 Å². The highest BCUT2D eigenvalue weighted by molar-refractivity contribution is 4.88. The molecular weight excluding hydrogens is 122 g/mol. The van der Waals surface area contributed by atoms with E-state index in [0.717, 1.165) is 13.0 Å². The molecule has 0 heterocycles. The van der Waals surface area contributed by atoms with Crippen molar-refractivity contribution in [2.45, 2.75) is 33.1 Å². The first kappa shape index (κ1) is 9.70. The molecule has 1 nitrogen and oxygen atoms in total. The molecule has 2 N–H and O–H groups in total. The fraction of sp³-hybridized carbons (Fsp3) is 0.778. The van der Waals surface area contributed by atoms with Crippen LogP contribution in [0.3, 0.4) is 0 Å². The van der Waals surface area contributed by atoms with Crippen LogP contribution in [-0.4, -0.2) is 6.54 Å². The minimum absolute atomic E-state index is 0.705. The molecule has 0 aromatic rings. The summed E-state index contributed by atoms with van der Waals surface area (Å²) in [6, 6.07) is 0. The van der Waals surface area contributed by atoms with Crippen molar-refractivity contribution in [1.29, 1.82) is 0 Å². The van der Waals surface area contributed by atoms with Crippen molar-refractivity contribution in [3.8, 4) is 0 Å². The number of allylic oxidation sites excluding steroid dienone is 1. The summed E-state index contributed by atoms with van der Waals surface area (Å²) in [7, 11) is 0. The van der Waals surface area contributed by atoms with Crippen LogP contribution in [0.2, 0.25) is 0 Å². The first-order chi connectivity index (χ1) is 4.70. The van der Waals surface area contributed by atoms with Crippen molar-refractivity contribution in [3.63, 3.8) is 0 Å². The molecule has 0 unspecified atom stereocenters. The molecule has 0 fully saturated rings. The van der Waals surface area contributed by atoms with Gasteiger partial charge in [-0.15, -0.1) is 6.58 Å². The smallest absolute Gasteiger partial charge is 0.00489 e. The SMILES string of the molecule is C=C(C)CC[C@@H](CC)CN. The Morgan fingerprint density at radius 1 is 1.60 bits per heavy atom. The number of rotatable bonds is 5. The average Bonchev–Trinajstić information content (AvgIpc) is 1.90. The summed E-state index contributed by atoms with van der Waals surface area (Å²) in [6.45, 7) is 8.94. The van der Waals surface area contributed by atoms with Gasteiger partial charge in [-0.1, -0.05) is 18.9 Å². The Balaban J connectivity index is 3.34. The summed E-state index contributed by atoms with van der Waals surface area (Å²) in [6.07, 6.45) is 3.54. The van der Waals surface area contributed by atoms with E-state index in [1.54, 1.807) is 0 Å². The van der Waals surface area contributed by atoms with Crippen LogP contribution in [-0.2, 0) is 0 Å². The maximum Gasteiger partial charge on any atom is -0.00489 e. The van der Waals surface area contributed by atoms with Crippen LogP contribution in [0.4, 0.5) is 0 Å². The largest absolute Gasteiger partial charge is 0.330 e. The Labute approximate surface area is 64.3 Å². The van der Waals surface area contributed by atoms with E-state index in [4.69, 9.17) is 5.73 Å². The number of hydrogen-bond acceptors (Lipinski definition) is 1. The Morgan fingerprint density at radius 2 is 2.20 bits per heavy atom. The van der Waals surface area contributed by atoms with Crippen LogP contribution in [0.1, 0.15) is 33.1 Å². The van der Waals surface area contributed by atoms with Crippen LogP contribution in [0.15, 0.2) is 12.2 Å². The predicted octanol–water partition coefficient (Wildman–Crippen LogP) is 2.33. The molecule has 0 amide bonds. The van der Waals surface area contributed by atoms with Crippen molar-refractivity contribution in [2.75, 3.05) is 6.54 Å². The molecule has 0 rings (SSSR count). The van der Waals surface area contributed by atoms with Gasteiger partial charge in [0.2, 0.25) is 0 Å². The van der Waals surface area contributed by atoms with Gasteiger partial charge >= 0.3 is 0 Å². The fourth-order valence-electron chi connectivity index (χ4n) is 0.939. The Bertz CT molecular complexity index is 92.9. The first-order valence-electron chi connectivity index (χ1n) is 4.05. The molecule has 0 aliphatic carbocycles. The highest BCUT2D eigenvalue weighted by atomic mass is 14.5. The highest BCUT2D eigenvalue weighted by Gasteiger charge is 2.01. The summed E-state index contributed by atoms with van der Waals surface area (Å²) in [4.78, 5) is 0. The van der Waals surface area contributed by atoms with Crippen LogP contribution < -0.4 is 5.73 Å². The van der Waals surface area contributed by atoms with Gasteiger partial charge in [-0.3, -0.25) is 0 Å². The summed E-state index contributed by atoms with van der Waals surface area (Å²) in [5, 5.41) is 0. The average molecular weight is 141 g/mol. The molecule has 0 saturated carbocycles. The third-order valence-corrected chi connectivity index (χ3v) is 1.89. The lowest BCUT2D eigenvalue weighted by Crippen LogP contribution is -2.13. The zero-order chi connectivity index (χ0) is 7.98. The molecule has 0 aliphatic heterocycles. The minimum Gasteiger partial charge on any atom is -0.330 e.